The van der Waals surface area contributed by atoms with Crippen molar-refractivity contribution in [2.45, 2.75) is 69.1 Å². The average Bonchev–Trinajstić information content (AvgIpc) is 3.24. The number of benzene rings is 1. The molecule has 0 aliphatic heterocycles. The van der Waals surface area contributed by atoms with Crippen molar-refractivity contribution in [3.05, 3.63) is 40.2 Å². The summed E-state index contributed by atoms with van der Waals surface area (Å²) < 4.78 is 42.0. The first kappa shape index (κ1) is 22.0. The van der Waals surface area contributed by atoms with E-state index in [2.05, 4.69) is 14.9 Å². The lowest BCUT2D eigenvalue weighted by atomic mass is 10.1. The highest BCUT2D eigenvalue weighted by atomic mass is 35.5. The van der Waals surface area contributed by atoms with Gasteiger partial charge in [0.15, 0.2) is 5.16 Å². The fraction of sp³-hybridized carbons (Fsp3) is 0.500. The van der Waals surface area contributed by atoms with Crippen LogP contribution >= 0.6 is 23.4 Å². The van der Waals surface area contributed by atoms with Gasteiger partial charge in [-0.05, 0) is 51.8 Å². The molecule has 9 heteroatoms. The first-order valence-electron chi connectivity index (χ1n) is 9.47. The molecule has 4 nitrogen and oxygen atoms in total. The molecule has 29 heavy (non-hydrogen) atoms. The molecule has 3 rings (SSSR count). The fourth-order valence-electron chi connectivity index (χ4n) is 3.58. The number of alkyl halides is 3. The van der Waals surface area contributed by atoms with E-state index in [1.807, 2.05) is 13.8 Å². The van der Waals surface area contributed by atoms with Gasteiger partial charge in [-0.2, -0.15) is 13.2 Å². The van der Waals surface area contributed by atoms with Crippen molar-refractivity contribution < 1.29 is 18.0 Å². The van der Waals surface area contributed by atoms with Gasteiger partial charge >= 0.3 is 6.18 Å². The lowest BCUT2D eigenvalue weighted by Gasteiger charge is -2.19. The molecule has 0 bridgehead atoms. The minimum atomic E-state index is -4.61. The van der Waals surface area contributed by atoms with Crippen LogP contribution in [0.2, 0.25) is 5.02 Å². The SMILES string of the molecule is Cc1nc(SC(C)C(=O)Nc2ccc(Cl)cc2C(F)(F)F)n(C2CCCC2)c1C. The van der Waals surface area contributed by atoms with Gasteiger partial charge in [-0.1, -0.05) is 36.2 Å². The topological polar surface area (TPSA) is 46.9 Å². The van der Waals surface area contributed by atoms with Crippen LogP contribution in [-0.2, 0) is 11.0 Å². The molecule has 1 atom stereocenters. The minimum Gasteiger partial charge on any atom is -0.325 e. The quantitative estimate of drug-likeness (QED) is 0.541. The molecule has 0 spiro atoms. The van der Waals surface area contributed by atoms with E-state index >= 15 is 0 Å². The van der Waals surface area contributed by atoms with E-state index in [-0.39, 0.29) is 10.7 Å². The normalized spacial score (nSPS) is 16.2. The van der Waals surface area contributed by atoms with Crippen LogP contribution in [0.25, 0.3) is 0 Å². The van der Waals surface area contributed by atoms with E-state index in [4.69, 9.17) is 11.6 Å². The molecule has 158 valence electrons. The summed E-state index contributed by atoms with van der Waals surface area (Å²) in [7, 11) is 0. The molecule has 1 aromatic heterocycles. The van der Waals surface area contributed by atoms with Crippen LogP contribution in [0, 0.1) is 13.8 Å². The predicted molar refractivity (Wildman–Crippen MR) is 110 cm³/mol. The molecule has 0 saturated heterocycles. The third kappa shape index (κ3) is 4.91. The van der Waals surface area contributed by atoms with Crippen LogP contribution < -0.4 is 5.32 Å². The number of nitrogens with one attached hydrogen (secondary N) is 1. The Hall–Kier alpha value is -1.67. The number of hydrogen-bond donors (Lipinski definition) is 1. The number of aryl methyl sites for hydroxylation is 1. The molecule has 1 aliphatic rings. The number of carbonyl (C=O) groups is 1. The Balaban J connectivity index is 1.78. The summed E-state index contributed by atoms with van der Waals surface area (Å²) in [6.45, 7) is 5.61. The van der Waals surface area contributed by atoms with Crippen molar-refractivity contribution >= 4 is 35.0 Å². The molecule has 1 N–H and O–H groups in total. The third-order valence-corrected chi connectivity index (χ3v) is 6.54. The predicted octanol–water partition coefficient (Wildman–Crippen LogP) is 6.41. The number of imidazole rings is 1. The van der Waals surface area contributed by atoms with E-state index in [1.54, 1.807) is 6.92 Å². The average molecular weight is 446 g/mol. The lowest BCUT2D eigenvalue weighted by molar-refractivity contribution is -0.137. The van der Waals surface area contributed by atoms with Gasteiger partial charge in [0, 0.05) is 16.8 Å². The van der Waals surface area contributed by atoms with Gasteiger partial charge in [-0.25, -0.2) is 4.98 Å². The smallest absolute Gasteiger partial charge is 0.325 e. The van der Waals surface area contributed by atoms with E-state index in [1.165, 1.54) is 23.9 Å². The van der Waals surface area contributed by atoms with Crippen molar-refractivity contribution in [2.75, 3.05) is 5.32 Å². The van der Waals surface area contributed by atoms with Crippen LogP contribution in [0.5, 0.6) is 0 Å². The standard InChI is InChI=1S/C20H23ClF3N3OS/c1-11-12(2)27(15-6-4-5-7-15)19(25-11)29-13(3)18(28)26-17-9-8-14(21)10-16(17)20(22,23)24/h8-10,13,15H,4-7H2,1-3H3,(H,26,28). The first-order valence-corrected chi connectivity index (χ1v) is 10.7. The molecule has 1 fully saturated rings. The maximum Gasteiger partial charge on any atom is 0.418 e. The van der Waals surface area contributed by atoms with Crippen LogP contribution in [0.15, 0.2) is 23.4 Å². The second kappa shape index (κ2) is 8.60. The van der Waals surface area contributed by atoms with Crippen LogP contribution in [0.1, 0.15) is 55.6 Å². The van der Waals surface area contributed by atoms with Gasteiger partial charge in [0.1, 0.15) is 0 Å². The molecule has 0 radical (unpaired) electrons. The number of hydrogen-bond acceptors (Lipinski definition) is 3. The molecule has 1 saturated carbocycles. The van der Waals surface area contributed by atoms with E-state index in [0.29, 0.717) is 6.04 Å². The molecule has 1 amide bonds. The van der Waals surface area contributed by atoms with Gasteiger partial charge in [-0.3, -0.25) is 4.79 Å². The lowest BCUT2D eigenvalue weighted by Crippen LogP contribution is -2.25. The van der Waals surface area contributed by atoms with Gasteiger partial charge in [0.2, 0.25) is 5.91 Å². The summed E-state index contributed by atoms with van der Waals surface area (Å²) in [5.74, 6) is -0.515. The monoisotopic (exact) mass is 445 g/mol. The molecule has 1 aliphatic carbocycles. The molecular weight excluding hydrogens is 423 g/mol. The van der Waals surface area contributed by atoms with Crippen molar-refractivity contribution in [3.63, 3.8) is 0 Å². The van der Waals surface area contributed by atoms with E-state index < -0.39 is 22.9 Å². The van der Waals surface area contributed by atoms with Crippen molar-refractivity contribution in [3.8, 4) is 0 Å². The Morgan fingerprint density at radius 3 is 2.59 bits per heavy atom. The van der Waals surface area contributed by atoms with Crippen LogP contribution in [0.4, 0.5) is 18.9 Å². The number of thioether (sulfide) groups is 1. The molecule has 1 unspecified atom stereocenters. The minimum absolute atomic E-state index is 0.0395. The number of rotatable bonds is 5. The highest BCUT2D eigenvalue weighted by Crippen LogP contribution is 2.38. The molecule has 2 aromatic rings. The molecular formula is C20H23ClF3N3OS. The second-order valence-electron chi connectivity index (χ2n) is 7.31. The van der Waals surface area contributed by atoms with Gasteiger partial charge in [-0.15, -0.1) is 0 Å². The zero-order valence-electron chi connectivity index (χ0n) is 16.4. The van der Waals surface area contributed by atoms with E-state index in [9.17, 15) is 18.0 Å². The number of aromatic nitrogens is 2. The number of halogens is 4. The Bertz CT molecular complexity index is 907. The van der Waals surface area contributed by atoms with Crippen LogP contribution in [0.3, 0.4) is 0 Å². The maximum absolute atomic E-state index is 13.3. The van der Waals surface area contributed by atoms with Gasteiger partial charge in [0.25, 0.3) is 0 Å². The Labute approximate surface area is 177 Å². The highest BCUT2D eigenvalue weighted by Gasteiger charge is 2.35. The van der Waals surface area contributed by atoms with Crippen molar-refractivity contribution in [2.24, 2.45) is 0 Å². The second-order valence-corrected chi connectivity index (χ2v) is 9.05. The number of carbonyl (C=O) groups excluding carboxylic acids is 1. The summed E-state index contributed by atoms with van der Waals surface area (Å²) in [4.78, 5) is 17.2. The zero-order valence-corrected chi connectivity index (χ0v) is 18.0. The molecule has 1 heterocycles. The van der Waals surface area contributed by atoms with Gasteiger partial charge < -0.3 is 9.88 Å². The van der Waals surface area contributed by atoms with E-state index in [0.717, 1.165) is 48.3 Å². The highest BCUT2D eigenvalue weighted by molar-refractivity contribution is 8.00. The van der Waals surface area contributed by atoms with Crippen molar-refractivity contribution in [1.82, 2.24) is 9.55 Å². The Morgan fingerprint density at radius 2 is 1.97 bits per heavy atom. The Morgan fingerprint density at radius 1 is 1.31 bits per heavy atom. The zero-order chi connectivity index (χ0) is 21.3. The summed E-state index contributed by atoms with van der Waals surface area (Å²) in [5.41, 5.74) is 0.716. The maximum atomic E-state index is 13.3. The van der Waals surface area contributed by atoms with Gasteiger partial charge in [0.05, 0.1) is 22.2 Å². The fourth-order valence-corrected chi connectivity index (χ4v) is 4.82. The Kier molecular flexibility index (Phi) is 6.53. The van der Waals surface area contributed by atoms with Crippen LogP contribution in [-0.4, -0.2) is 20.7 Å². The summed E-state index contributed by atoms with van der Waals surface area (Å²) >= 11 is 6.97. The van der Waals surface area contributed by atoms with Crippen molar-refractivity contribution in [1.29, 1.82) is 0 Å². The molecule has 1 aromatic carbocycles. The largest absolute Gasteiger partial charge is 0.418 e. The third-order valence-electron chi connectivity index (χ3n) is 5.24. The first-order chi connectivity index (χ1) is 13.6. The summed E-state index contributed by atoms with van der Waals surface area (Å²) in [5, 5.41) is 2.48. The number of anilines is 1. The number of amides is 1. The number of nitrogens with zero attached hydrogens (tertiary/aromatic N) is 2. The summed E-state index contributed by atoms with van der Waals surface area (Å²) in [6.07, 6.45) is -0.137. The summed E-state index contributed by atoms with van der Waals surface area (Å²) in [6, 6.07) is 3.67.